The van der Waals surface area contributed by atoms with Crippen molar-refractivity contribution in [3.63, 3.8) is 0 Å². The molecule has 0 saturated carbocycles. The van der Waals surface area contributed by atoms with Crippen molar-refractivity contribution >= 4 is 23.2 Å². The standard InChI is InChI=1S/C19H26N4O5/c24-18(19(25)21-16-3-1-2-4-17(16)23(26)27)20-13-14-5-9-22(10-6-14)15-7-11-28-12-8-15/h1-4,14-15H,5-13H2,(H,20,24)(H,21,25). The molecule has 2 fully saturated rings. The van der Waals surface area contributed by atoms with Crippen LogP contribution in [0.2, 0.25) is 0 Å². The molecule has 152 valence electrons. The van der Waals surface area contributed by atoms with Gasteiger partial charge < -0.3 is 20.3 Å². The fourth-order valence-corrected chi connectivity index (χ4v) is 3.81. The number of hydrogen-bond donors (Lipinski definition) is 2. The van der Waals surface area contributed by atoms with Crippen molar-refractivity contribution in [2.45, 2.75) is 31.7 Å². The third-order valence-electron chi connectivity index (χ3n) is 5.46. The Hall–Kier alpha value is -2.52. The van der Waals surface area contributed by atoms with Crippen molar-refractivity contribution in [3.8, 4) is 0 Å². The summed E-state index contributed by atoms with van der Waals surface area (Å²) in [4.78, 5) is 37.0. The Kier molecular flexibility index (Phi) is 6.94. The summed E-state index contributed by atoms with van der Waals surface area (Å²) in [5.74, 6) is -1.34. The lowest BCUT2D eigenvalue weighted by molar-refractivity contribution is -0.383. The summed E-state index contributed by atoms with van der Waals surface area (Å²) in [6, 6.07) is 6.33. The van der Waals surface area contributed by atoms with Gasteiger partial charge in [-0.1, -0.05) is 12.1 Å². The van der Waals surface area contributed by atoms with Gasteiger partial charge in [0.25, 0.3) is 5.69 Å². The first-order valence-electron chi connectivity index (χ1n) is 9.69. The summed E-state index contributed by atoms with van der Waals surface area (Å²) < 4.78 is 5.41. The van der Waals surface area contributed by atoms with Crippen LogP contribution in [0, 0.1) is 16.0 Å². The molecule has 9 nitrogen and oxygen atoms in total. The van der Waals surface area contributed by atoms with E-state index in [1.165, 1.54) is 18.2 Å². The van der Waals surface area contributed by atoms with Gasteiger partial charge in [0.15, 0.2) is 0 Å². The molecule has 2 N–H and O–H groups in total. The van der Waals surface area contributed by atoms with Gasteiger partial charge in [0.05, 0.1) is 4.92 Å². The smallest absolute Gasteiger partial charge is 0.313 e. The van der Waals surface area contributed by atoms with Crippen LogP contribution in [-0.2, 0) is 14.3 Å². The molecule has 0 spiro atoms. The second-order valence-electron chi connectivity index (χ2n) is 7.26. The van der Waals surface area contributed by atoms with E-state index in [9.17, 15) is 19.7 Å². The summed E-state index contributed by atoms with van der Waals surface area (Å²) in [7, 11) is 0. The van der Waals surface area contributed by atoms with Crippen molar-refractivity contribution in [3.05, 3.63) is 34.4 Å². The van der Waals surface area contributed by atoms with Gasteiger partial charge in [-0.15, -0.1) is 0 Å². The molecule has 0 aliphatic carbocycles. The Morgan fingerprint density at radius 3 is 2.46 bits per heavy atom. The molecule has 0 unspecified atom stereocenters. The van der Waals surface area contributed by atoms with Crippen LogP contribution in [-0.4, -0.2) is 60.5 Å². The average Bonchev–Trinajstić information content (AvgIpc) is 2.73. The summed E-state index contributed by atoms with van der Waals surface area (Å²) >= 11 is 0. The molecule has 1 aromatic carbocycles. The van der Waals surface area contributed by atoms with Crippen LogP contribution >= 0.6 is 0 Å². The Morgan fingerprint density at radius 2 is 1.79 bits per heavy atom. The molecule has 2 saturated heterocycles. The fraction of sp³-hybridized carbons (Fsp3) is 0.579. The van der Waals surface area contributed by atoms with E-state index in [0.29, 0.717) is 18.5 Å². The lowest BCUT2D eigenvalue weighted by Crippen LogP contribution is -2.46. The van der Waals surface area contributed by atoms with Crippen LogP contribution in [0.4, 0.5) is 11.4 Å². The summed E-state index contributed by atoms with van der Waals surface area (Å²) in [6.07, 6.45) is 4.10. The van der Waals surface area contributed by atoms with Crippen LogP contribution in [0.3, 0.4) is 0 Å². The number of carbonyl (C=O) groups is 2. The molecule has 2 aliphatic heterocycles. The maximum Gasteiger partial charge on any atom is 0.313 e. The predicted octanol–water partition coefficient (Wildman–Crippen LogP) is 1.54. The van der Waals surface area contributed by atoms with Crippen molar-refractivity contribution in [1.29, 1.82) is 0 Å². The highest BCUT2D eigenvalue weighted by Gasteiger charge is 2.27. The number of nitro benzene ring substituents is 1. The normalized spacial score (nSPS) is 19.1. The quantitative estimate of drug-likeness (QED) is 0.448. The zero-order valence-corrected chi connectivity index (χ0v) is 15.8. The molecule has 2 heterocycles. The Balaban J connectivity index is 1.42. The van der Waals surface area contributed by atoms with Gasteiger partial charge in [0.1, 0.15) is 5.69 Å². The van der Waals surface area contributed by atoms with E-state index in [0.717, 1.165) is 52.0 Å². The number of rotatable bonds is 5. The molecule has 3 rings (SSSR count). The second kappa shape index (κ2) is 9.61. The van der Waals surface area contributed by atoms with Crippen LogP contribution < -0.4 is 10.6 Å². The highest BCUT2D eigenvalue weighted by molar-refractivity contribution is 6.39. The molecular formula is C19H26N4O5. The second-order valence-corrected chi connectivity index (χ2v) is 7.26. The number of ether oxygens (including phenoxy) is 1. The van der Waals surface area contributed by atoms with E-state index < -0.39 is 16.7 Å². The number of nitrogens with one attached hydrogen (secondary N) is 2. The number of nitrogens with zero attached hydrogens (tertiary/aromatic N) is 2. The van der Waals surface area contributed by atoms with Gasteiger partial charge in [0, 0.05) is 31.9 Å². The van der Waals surface area contributed by atoms with Gasteiger partial charge >= 0.3 is 11.8 Å². The minimum atomic E-state index is -0.894. The number of carbonyl (C=O) groups excluding carboxylic acids is 2. The largest absolute Gasteiger partial charge is 0.381 e. The number of benzene rings is 1. The molecule has 0 atom stereocenters. The molecule has 0 bridgehead atoms. The highest BCUT2D eigenvalue weighted by Crippen LogP contribution is 2.24. The summed E-state index contributed by atoms with van der Waals surface area (Å²) in [6.45, 7) is 4.08. The van der Waals surface area contributed by atoms with Crippen LogP contribution in [0.1, 0.15) is 25.7 Å². The van der Waals surface area contributed by atoms with E-state index in [2.05, 4.69) is 15.5 Å². The zero-order chi connectivity index (χ0) is 19.9. The first kappa shape index (κ1) is 20.2. The fourth-order valence-electron chi connectivity index (χ4n) is 3.81. The van der Waals surface area contributed by atoms with Gasteiger partial charge in [-0.2, -0.15) is 0 Å². The van der Waals surface area contributed by atoms with Gasteiger partial charge in [-0.3, -0.25) is 19.7 Å². The van der Waals surface area contributed by atoms with Gasteiger partial charge in [-0.05, 0) is 50.8 Å². The monoisotopic (exact) mass is 390 g/mol. The van der Waals surface area contributed by atoms with E-state index in [4.69, 9.17) is 4.74 Å². The Bertz CT molecular complexity index is 712. The highest BCUT2D eigenvalue weighted by atomic mass is 16.6. The Labute approximate surface area is 163 Å². The first-order chi connectivity index (χ1) is 13.5. The molecule has 1 aromatic rings. The van der Waals surface area contributed by atoms with E-state index in [1.807, 2.05) is 0 Å². The van der Waals surface area contributed by atoms with E-state index in [-0.39, 0.29) is 11.4 Å². The molecular weight excluding hydrogens is 364 g/mol. The lowest BCUT2D eigenvalue weighted by Gasteiger charge is -2.39. The molecule has 2 aliphatic rings. The molecule has 0 radical (unpaired) electrons. The number of nitro groups is 1. The number of amides is 2. The first-order valence-corrected chi connectivity index (χ1v) is 9.69. The SMILES string of the molecule is O=C(NCC1CCN(C2CCOCC2)CC1)C(=O)Nc1ccccc1[N+](=O)[O-]. The van der Waals surface area contributed by atoms with E-state index in [1.54, 1.807) is 6.07 Å². The predicted molar refractivity (Wildman–Crippen MR) is 103 cm³/mol. The van der Waals surface area contributed by atoms with E-state index >= 15 is 0 Å². The molecule has 0 aromatic heterocycles. The Morgan fingerprint density at radius 1 is 1.11 bits per heavy atom. The lowest BCUT2D eigenvalue weighted by atomic mass is 9.94. The van der Waals surface area contributed by atoms with Crippen molar-refractivity contribution < 1.29 is 19.2 Å². The van der Waals surface area contributed by atoms with Crippen molar-refractivity contribution in [2.24, 2.45) is 5.92 Å². The number of para-hydroxylation sites is 2. The van der Waals surface area contributed by atoms with Crippen molar-refractivity contribution in [1.82, 2.24) is 10.2 Å². The maximum absolute atomic E-state index is 12.1. The van der Waals surface area contributed by atoms with Crippen molar-refractivity contribution in [2.75, 3.05) is 38.2 Å². The number of hydrogen-bond acceptors (Lipinski definition) is 6. The zero-order valence-electron chi connectivity index (χ0n) is 15.8. The third kappa shape index (κ3) is 5.26. The minimum Gasteiger partial charge on any atom is -0.381 e. The average molecular weight is 390 g/mol. The summed E-state index contributed by atoms with van der Waals surface area (Å²) in [5.41, 5.74) is -0.235. The number of piperidine rings is 1. The van der Waals surface area contributed by atoms with Crippen LogP contribution in [0.25, 0.3) is 0 Å². The number of likely N-dealkylation sites (tertiary alicyclic amines) is 1. The molecule has 2 amide bonds. The topological polar surface area (TPSA) is 114 Å². The van der Waals surface area contributed by atoms with Gasteiger partial charge in [-0.25, -0.2) is 0 Å². The summed E-state index contributed by atoms with van der Waals surface area (Å²) in [5, 5.41) is 16.0. The molecule has 28 heavy (non-hydrogen) atoms. The number of anilines is 1. The minimum absolute atomic E-state index is 0.0115. The molecule has 9 heteroatoms. The third-order valence-corrected chi connectivity index (χ3v) is 5.46. The maximum atomic E-state index is 12.1. The van der Waals surface area contributed by atoms with Crippen LogP contribution in [0.5, 0.6) is 0 Å². The van der Waals surface area contributed by atoms with Gasteiger partial charge in [0.2, 0.25) is 0 Å². The van der Waals surface area contributed by atoms with Crippen LogP contribution in [0.15, 0.2) is 24.3 Å².